The maximum absolute atomic E-state index is 13.1. The summed E-state index contributed by atoms with van der Waals surface area (Å²) in [6.45, 7) is 2.74. The average Bonchev–Trinajstić information content (AvgIpc) is 2.13. The minimum Gasteiger partial charge on any atom is -0.481 e. The summed E-state index contributed by atoms with van der Waals surface area (Å²) in [5.41, 5.74) is -2.36. The summed E-state index contributed by atoms with van der Waals surface area (Å²) >= 11 is 0. The Labute approximate surface area is 101 Å². The van der Waals surface area contributed by atoms with Crippen LogP contribution in [0.2, 0.25) is 0 Å². The second-order valence-corrected chi connectivity index (χ2v) is 4.71. The van der Waals surface area contributed by atoms with Gasteiger partial charge in [0.25, 0.3) is 0 Å². The van der Waals surface area contributed by atoms with Gasteiger partial charge in [0.15, 0.2) is 0 Å². The van der Waals surface area contributed by atoms with Crippen molar-refractivity contribution < 1.29 is 27.5 Å². The van der Waals surface area contributed by atoms with Gasteiger partial charge < -0.3 is 5.11 Å². The van der Waals surface area contributed by atoms with Gasteiger partial charge >= 0.3 is 12.1 Å². The molecular formula is C12H12F4O2. The lowest BCUT2D eigenvalue weighted by Crippen LogP contribution is -2.26. The molecular weight excluding hydrogens is 252 g/mol. The number of benzene rings is 1. The molecule has 0 unspecified atom stereocenters. The molecule has 6 heteroatoms. The Morgan fingerprint density at radius 2 is 1.78 bits per heavy atom. The molecule has 0 radical (unpaired) electrons. The van der Waals surface area contributed by atoms with Crippen molar-refractivity contribution in [3.8, 4) is 0 Å². The molecule has 18 heavy (non-hydrogen) atoms. The first kappa shape index (κ1) is 14.5. The van der Waals surface area contributed by atoms with Crippen LogP contribution in [0.15, 0.2) is 18.2 Å². The minimum absolute atomic E-state index is 0.00900. The molecule has 1 rings (SSSR count). The summed E-state index contributed by atoms with van der Waals surface area (Å²) < 4.78 is 50.5. The third-order valence-electron chi connectivity index (χ3n) is 2.51. The second-order valence-electron chi connectivity index (χ2n) is 4.71. The minimum atomic E-state index is -4.65. The Morgan fingerprint density at radius 1 is 1.22 bits per heavy atom. The summed E-state index contributed by atoms with van der Waals surface area (Å²) in [4.78, 5) is 10.9. The van der Waals surface area contributed by atoms with E-state index in [1.807, 2.05) is 0 Å². The zero-order valence-electron chi connectivity index (χ0n) is 9.81. The molecule has 0 bridgehead atoms. The van der Waals surface area contributed by atoms with E-state index in [1.54, 1.807) is 0 Å². The monoisotopic (exact) mass is 264 g/mol. The normalized spacial score (nSPS) is 12.6. The summed E-state index contributed by atoms with van der Waals surface area (Å²) in [5, 5.41) is 8.89. The molecule has 0 atom stereocenters. The fraction of sp³-hybridized carbons (Fsp3) is 0.417. The van der Waals surface area contributed by atoms with Gasteiger partial charge in [0.1, 0.15) is 5.82 Å². The van der Waals surface area contributed by atoms with Gasteiger partial charge in [0.2, 0.25) is 0 Å². The number of alkyl halides is 3. The predicted molar refractivity (Wildman–Crippen MR) is 56.5 cm³/mol. The Balaban J connectivity index is 3.12. The zero-order valence-corrected chi connectivity index (χ0v) is 9.81. The van der Waals surface area contributed by atoms with Crippen molar-refractivity contribution in [2.45, 2.75) is 26.4 Å². The molecule has 0 saturated heterocycles. The van der Waals surface area contributed by atoms with Crippen molar-refractivity contribution in [3.63, 3.8) is 0 Å². The van der Waals surface area contributed by atoms with Gasteiger partial charge in [-0.05, 0) is 44.0 Å². The van der Waals surface area contributed by atoms with Gasteiger partial charge in [-0.2, -0.15) is 13.2 Å². The summed E-state index contributed by atoms with van der Waals surface area (Å²) in [6.07, 6.45) is -4.83. The highest BCUT2D eigenvalue weighted by molar-refractivity contribution is 5.74. The van der Waals surface area contributed by atoms with E-state index in [0.717, 1.165) is 12.1 Å². The van der Waals surface area contributed by atoms with Gasteiger partial charge in [-0.25, -0.2) is 4.39 Å². The van der Waals surface area contributed by atoms with E-state index in [0.29, 0.717) is 6.07 Å². The van der Waals surface area contributed by atoms with Crippen LogP contribution in [0, 0.1) is 11.2 Å². The summed E-state index contributed by atoms with van der Waals surface area (Å²) in [7, 11) is 0. The van der Waals surface area contributed by atoms with Gasteiger partial charge in [0.05, 0.1) is 11.0 Å². The Kier molecular flexibility index (Phi) is 3.69. The van der Waals surface area contributed by atoms with Crippen LogP contribution >= 0.6 is 0 Å². The lowest BCUT2D eigenvalue weighted by Gasteiger charge is -2.19. The van der Waals surface area contributed by atoms with E-state index in [2.05, 4.69) is 0 Å². The number of hydrogen-bond donors (Lipinski definition) is 1. The van der Waals surface area contributed by atoms with E-state index >= 15 is 0 Å². The maximum Gasteiger partial charge on any atom is 0.416 e. The highest BCUT2D eigenvalue weighted by Crippen LogP contribution is 2.32. The quantitative estimate of drug-likeness (QED) is 0.848. The van der Waals surface area contributed by atoms with Gasteiger partial charge in [-0.3, -0.25) is 4.79 Å². The Hall–Kier alpha value is -1.59. The van der Waals surface area contributed by atoms with Crippen LogP contribution < -0.4 is 0 Å². The third-order valence-corrected chi connectivity index (χ3v) is 2.51. The molecule has 1 aromatic rings. The number of aliphatic carboxylic acids is 1. The Bertz CT molecular complexity index is 464. The van der Waals surface area contributed by atoms with E-state index < -0.39 is 28.9 Å². The van der Waals surface area contributed by atoms with E-state index in [9.17, 15) is 22.4 Å². The standard InChI is InChI=1S/C12H12F4O2/c1-11(2,10(17)18)6-7-3-8(12(14,15)16)5-9(13)4-7/h3-5H,6H2,1-2H3,(H,17,18). The Morgan fingerprint density at radius 3 is 2.22 bits per heavy atom. The average molecular weight is 264 g/mol. The van der Waals surface area contributed by atoms with Gasteiger partial charge in [0, 0.05) is 0 Å². The van der Waals surface area contributed by atoms with E-state index in [4.69, 9.17) is 5.11 Å². The predicted octanol–water partition coefficient (Wildman–Crippen LogP) is 3.50. The number of carbonyl (C=O) groups is 1. The maximum atomic E-state index is 13.1. The molecule has 0 aromatic heterocycles. The fourth-order valence-electron chi connectivity index (χ4n) is 1.50. The SMILES string of the molecule is CC(C)(Cc1cc(F)cc(C(F)(F)F)c1)C(=O)O. The van der Waals surface area contributed by atoms with Crippen LogP contribution in [0.1, 0.15) is 25.0 Å². The van der Waals surface area contributed by atoms with Crippen molar-refractivity contribution in [1.29, 1.82) is 0 Å². The molecule has 0 saturated carbocycles. The fourth-order valence-corrected chi connectivity index (χ4v) is 1.50. The summed E-state index contributed by atoms with van der Waals surface area (Å²) in [6, 6.07) is 2.07. The van der Waals surface area contributed by atoms with E-state index in [-0.39, 0.29) is 12.0 Å². The molecule has 0 aliphatic heterocycles. The van der Waals surface area contributed by atoms with Crippen LogP contribution in [-0.2, 0) is 17.4 Å². The lowest BCUT2D eigenvalue weighted by atomic mass is 9.85. The molecule has 0 aliphatic carbocycles. The molecule has 0 heterocycles. The van der Waals surface area contributed by atoms with Gasteiger partial charge in [-0.15, -0.1) is 0 Å². The topological polar surface area (TPSA) is 37.3 Å². The molecule has 100 valence electrons. The zero-order chi connectivity index (χ0) is 14.1. The first-order valence-corrected chi connectivity index (χ1v) is 5.12. The number of hydrogen-bond acceptors (Lipinski definition) is 1. The van der Waals surface area contributed by atoms with Crippen molar-refractivity contribution in [3.05, 3.63) is 35.1 Å². The summed E-state index contributed by atoms with van der Waals surface area (Å²) in [5.74, 6) is -2.18. The van der Waals surface area contributed by atoms with Crippen LogP contribution in [0.25, 0.3) is 0 Å². The molecule has 2 nitrogen and oxygen atoms in total. The molecule has 0 fully saturated rings. The van der Waals surface area contributed by atoms with Crippen molar-refractivity contribution in [1.82, 2.24) is 0 Å². The molecule has 0 aliphatic rings. The number of halogens is 4. The number of carboxylic acids is 1. The van der Waals surface area contributed by atoms with Crippen LogP contribution in [0.4, 0.5) is 17.6 Å². The second kappa shape index (κ2) is 4.59. The van der Waals surface area contributed by atoms with Crippen molar-refractivity contribution in [2.24, 2.45) is 5.41 Å². The van der Waals surface area contributed by atoms with Gasteiger partial charge in [-0.1, -0.05) is 0 Å². The highest BCUT2D eigenvalue weighted by atomic mass is 19.4. The largest absolute Gasteiger partial charge is 0.481 e. The van der Waals surface area contributed by atoms with Crippen LogP contribution in [-0.4, -0.2) is 11.1 Å². The lowest BCUT2D eigenvalue weighted by molar-refractivity contribution is -0.146. The number of carboxylic acid groups (broad SMARTS) is 1. The first-order chi connectivity index (χ1) is 8.02. The highest BCUT2D eigenvalue weighted by Gasteiger charge is 2.33. The van der Waals surface area contributed by atoms with E-state index in [1.165, 1.54) is 13.8 Å². The molecule has 1 N–H and O–H groups in total. The first-order valence-electron chi connectivity index (χ1n) is 5.12. The molecule has 0 spiro atoms. The molecule has 1 aromatic carbocycles. The van der Waals surface area contributed by atoms with Crippen molar-refractivity contribution in [2.75, 3.05) is 0 Å². The van der Waals surface area contributed by atoms with Crippen LogP contribution in [0.5, 0.6) is 0 Å². The van der Waals surface area contributed by atoms with Crippen LogP contribution in [0.3, 0.4) is 0 Å². The molecule has 0 amide bonds. The van der Waals surface area contributed by atoms with Crippen molar-refractivity contribution >= 4 is 5.97 Å². The number of rotatable bonds is 3. The third kappa shape index (κ3) is 3.45. The smallest absolute Gasteiger partial charge is 0.416 e.